The van der Waals surface area contributed by atoms with Gasteiger partial charge in [0.2, 0.25) is 0 Å². The van der Waals surface area contributed by atoms with Gasteiger partial charge in [0.15, 0.2) is 0 Å². The number of likely N-dealkylation sites (N-methyl/N-ethyl adjacent to an activating group) is 1. The number of hydrogen-bond donors (Lipinski definition) is 1. The first-order chi connectivity index (χ1) is 7.83. The van der Waals surface area contributed by atoms with Crippen molar-refractivity contribution in [1.29, 1.82) is 0 Å². The van der Waals surface area contributed by atoms with Crippen molar-refractivity contribution in [3.63, 3.8) is 0 Å². The summed E-state index contributed by atoms with van der Waals surface area (Å²) in [4.78, 5) is 2.43. The van der Waals surface area contributed by atoms with Crippen LogP contribution in [0.4, 0.5) is 0 Å². The molecule has 3 nitrogen and oxygen atoms in total. The minimum atomic E-state index is 0.496. The van der Waals surface area contributed by atoms with Crippen molar-refractivity contribution in [3.05, 3.63) is 0 Å². The molecule has 0 radical (unpaired) electrons. The highest BCUT2D eigenvalue weighted by Crippen LogP contribution is 2.13. The van der Waals surface area contributed by atoms with E-state index in [0.29, 0.717) is 6.10 Å². The van der Waals surface area contributed by atoms with Crippen LogP contribution in [0.5, 0.6) is 0 Å². The van der Waals surface area contributed by atoms with E-state index in [1.165, 1.54) is 45.1 Å². The van der Waals surface area contributed by atoms with E-state index in [1.54, 1.807) is 0 Å². The second-order valence-electron chi connectivity index (χ2n) is 4.92. The molecular formula is C13H28N2O. The van der Waals surface area contributed by atoms with Gasteiger partial charge in [-0.1, -0.05) is 6.42 Å². The molecule has 1 heterocycles. The van der Waals surface area contributed by atoms with Crippen LogP contribution >= 0.6 is 0 Å². The fraction of sp³-hybridized carbons (Fsp3) is 1.00. The largest absolute Gasteiger partial charge is 0.377 e. The number of rotatable bonds is 8. The van der Waals surface area contributed by atoms with Gasteiger partial charge >= 0.3 is 0 Å². The minimum absolute atomic E-state index is 0.496. The first-order valence-electron chi connectivity index (χ1n) is 6.77. The van der Waals surface area contributed by atoms with Gasteiger partial charge in [0.1, 0.15) is 0 Å². The summed E-state index contributed by atoms with van der Waals surface area (Å²) in [5.41, 5.74) is 0. The molecule has 1 N–H and O–H groups in total. The SMILES string of the molecule is CNCCCCCN(C)CC1CCCCO1. The molecular weight excluding hydrogens is 200 g/mol. The predicted molar refractivity (Wildman–Crippen MR) is 68.9 cm³/mol. The Kier molecular flexibility index (Phi) is 7.81. The van der Waals surface area contributed by atoms with Crippen LogP contribution in [0, 0.1) is 0 Å². The zero-order valence-electron chi connectivity index (χ0n) is 11.0. The molecule has 1 saturated heterocycles. The minimum Gasteiger partial charge on any atom is -0.377 e. The maximum absolute atomic E-state index is 5.74. The normalized spacial score (nSPS) is 21.6. The van der Waals surface area contributed by atoms with Gasteiger partial charge in [-0.15, -0.1) is 0 Å². The van der Waals surface area contributed by atoms with E-state index >= 15 is 0 Å². The summed E-state index contributed by atoms with van der Waals surface area (Å²) in [5, 5.41) is 3.19. The molecule has 0 aliphatic carbocycles. The summed E-state index contributed by atoms with van der Waals surface area (Å²) >= 11 is 0. The molecule has 1 fully saturated rings. The predicted octanol–water partition coefficient (Wildman–Crippen LogP) is 1.88. The van der Waals surface area contributed by atoms with Gasteiger partial charge < -0.3 is 15.0 Å². The average molecular weight is 228 g/mol. The van der Waals surface area contributed by atoms with Crippen molar-refractivity contribution in [1.82, 2.24) is 10.2 Å². The fourth-order valence-electron chi connectivity index (χ4n) is 2.25. The van der Waals surface area contributed by atoms with E-state index in [9.17, 15) is 0 Å². The van der Waals surface area contributed by atoms with Gasteiger partial charge in [-0.05, 0) is 59.3 Å². The molecule has 0 bridgehead atoms. The summed E-state index contributed by atoms with van der Waals surface area (Å²) in [5.74, 6) is 0. The first-order valence-corrected chi connectivity index (χ1v) is 6.77. The third-order valence-electron chi connectivity index (χ3n) is 3.26. The van der Waals surface area contributed by atoms with E-state index < -0.39 is 0 Å². The molecule has 3 heteroatoms. The molecule has 0 aromatic carbocycles. The highest BCUT2D eigenvalue weighted by molar-refractivity contribution is 4.67. The summed E-state index contributed by atoms with van der Waals surface area (Å²) in [6.07, 6.45) is 8.29. The fourth-order valence-corrected chi connectivity index (χ4v) is 2.25. The third kappa shape index (κ3) is 6.46. The Morgan fingerprint density at radius 1 is 1.25 bits per heavy atom. The van der Waals surface area contributed by atoms with Crippen LogP contribution in [-0.2, 0) is 4.74 Å². The van der Waals surface area contributed by atoms with Crippen LogP contribution in [0.1, 0.15) is 38.5 Å². The zero-order valence-corrected chi connectivity index (χ0v) is 11.0. The molecule has 0 aromatic heterocycles. The molecule has 1 atom stereocenters. The van der Waals surface area contributed by atoms with E-state index in [4.69, 9.17) is 4.74 Å². The second kappa shape index (κ2) is 8.97. The molecule has 1 aliphatic heterocycles. The molecule has 16 heavy (non-hydrogen) atoms. The number of ether oxygens (including phenoxy) is 1. The molecule has 1 unspecified atom stereocenters. The van der Waals surface area contributed by atoms with Crippen LogP contribution in [0.15, 0.2) is 0 Å². The zero-order chi connectivity index (χ0) is 11.6. The molecule has 1 aliphatic rings. The van der Waals surface area contributed by atoms with Crippen LogP contribution < -0.4 is 5.32 Å². The van der Waals surface area contributed by atoms with Crippen LogP contribution in [0.3, 0.4) is 0 Å². The van der Waals surface area contributed by atoms with Crippen LogP contribution in [-0.4, -0.2) is 51.3 Å². The van der Waals surface area contributed by atoms with E-state index in [-0.39, 0.29) is 0 Å². The van der Waals surface area contributed by atoms with Crippen molar-refractivity contribution < 1.29 is 4.74 Å². The van der Waals surface area contributed by atoms with Crippen molar-refractivity contribution in [2.75, 3.05) is 40.3 Å². The Bertz CT molecular complexity index is 158. The molecule has 0 saturated carbocycles. The highest BCUT2D eigenvalue weighted by Gasteiger charge is 2.15. The summed E-state index contributed by atoms with van der Waals surface area (Å²) < 4.78 is 5.74. The first kappa shape index (κ1) is 13.9. The van der Waals surface area contributed by atoms with E-state index in [0.717, 1.165) is 19.7 Å². The van der Waals surface area contributed by atoms with Crippen molar-refractivity contribution >= 4 is 0 Å². The van der Waals surface area contributed by atoms with Gasteiger partial charge in [0.05, 0.1) is 6.10 Å². The van der Waals surface area contributed by atoms with Crippen molar-refractivity contribution in [2.45, 2.75) is 44.6 Å². The Balaban J connectivity index is 1.95. The molecule has 0 amide bonds. The average Bonchev–Trinajstić information content (AvgIpc) is 2.30. The molecule has 0 spiro atoms. The number of nitrogens with one attached hydrogen (secondary N) is 1. The lowest BCUT2D eigenvalue weighted by molar-refractivity contribution is -0.00160. The summed E-state index contributed by atoms with van der Waals surface area (Å²) in [7, 11) is 4.24. The van der Waals surface area contributed by atoms with Gasteiger partial charge in [-0.2, -0.15) is 0 Å². The summed E-state index contributed by atoms with van der Waals surface area (Å²) in [6.45, 7) is 4.45. The topological polar surface area (TPSA) is 24.5 Å². The van der Waals surface area contributed by atoms with Gasteiger partial charge in [0.25, 0.3) is 0 Å². The Morgan fingerprint density at radius 2 is 2.12 bits per heavy atom. The number of hydrogen-bond acceptors (Lipinski definition) is 3. The molecule has 96 valence electrons. The molecule has 0 aromatic rings. The van der Waals surface area contributed by atoms with Crippen molar-refractivity contribution in [2.24, 2.45) is 0 Å². The van der Waals surface area contributed by atoms with E-state index in [2.05, 4.69) is 17.3 Å². The monoisotopic (exact) mass is 228 g/mol. The Labute approximate surface area is 101 Å². The lowest BCUT2D eigenvalue weighted by Gasteiger charge is -2.27. The van der Waals surface area contributed by atoms with Gasteiger partial charge in [-0.25, -0.2) is 0 Å². The number of unbranched alkanes of at least 4 members (excludes halogenated alkanes) is 2. The Hall–Kier alpha value is -0.120. The van der Waals surface area contributed by atoms with Crippen molar-refractivity contribution in [3.8, 4) is 0 Å². The van der Waals surface area contributed by atoms with Gasteiger partial charge in [-0.3, -0.25) is 0 Å². The summed E-state index contributed by atoms with van der Waals surface area (Å²) in [6, 6.07) is 0. The lowest BCUT2D eigenvalue weighted by atomic mass is 10.1. The maximum atomic E-state index is 5.74. The molecule has 1 rings (SSSR count). The second-order valence-corrected chi connectivity index (χ2v) is 4.92. The van der Waals surface area contributed by atoms with Crippen LogP contribution in [0.2, 0.25) is 0 Å². The highest BCUT2D eigenvalue weighted by atomic mass is 16.5. The van der Waals surface area contributed by atoms with Crippen LogP contribution in [0.25, 0.3) is 0 Å². The standard InChI is InChI=1S/C13H28N2O/c1-14-9-5-3-6-10-15(2)12-13-8-4-7-11-16-13/h13-14H,3-12H2,1-2H3. The van der Waals surface area contributed by atoms with Gasteiger partial charge in [0, 0.05) is 13.2 Å². The van der Waals surface area contributed by atoms with E-state index in [1.807, 2.05) is 7.05 Å². The third-order valence-corrected chi connectivity index (χ3v) is 3.26. The lowest BCUT2D eigenvalue weighted by Crippen LogP contribution is -2.33. The number of nitrogens with zero attached hydrogens (tertiary/aromatic N) is 1. The Morgan fingerprint density at radius 3 is 2.81 bits per heavy atom. The maximum Gasteiger partial charge on any atom is 0.0701 e. The smallest absolute Gasteiger partial charge is 0.0701 e. The quantitative estimate of drug-likeness (QED) is 0.642.